The van der Waals surface area contributed by atoms with Gasteiger partial charge in [0.2, 0.25) is 0 Å². The maximum Gasteiger partial charge on any atom is 0.0547 e. The third-order valence-electron chi connectivity index (χ3n) is 22.2. The zero-order chi connectivity index (χ0) is 71.2. The van der Waals surface area contributed by atoms with Gasteiger partial charge >= 0.3 is 0 Å². The maximum absolute atomic E-state index is 2.46. The lowest BCUT2D eigenvalue weighted by Gasteiger charge is -2.14. The van der Waals surface area contributed by atoms with Gasteiger partial charge in [0.1, 0.15) is 0 Å². The van der Waals surface area contributed by atoms with Gasteiger partial charge in [-0.3, -0.25) is 0 Å². The summed E-state index contributed by atoms with van der Waals surface area (Å²) in [6.45, 7) is 0. The second-order valence-electron chi connectivity index (χ2n) is 28.2. The summed E-state index contributed by atoms with van der Waals surface area (Å²) in [6.07, 6.45) is 0. The molecule has 0 radical (unpaired) electrons. The Morgan fingerprint density at radius 2 is 0.417 bits per heavy atom. The van der Waals surface area contributed by atoms with Crippen molar-refractivity contribution in [3.8, 4) is 89.5 Å². The summed E-state index contributed by atoms with van der Waals surface area (Å²) in [7, 11) is 0. The number of hydrogen-bond acceptors (Lipinski definition) is 0. The molecule has 0 saturated carbocycles. The predicted molar refractivity (Wildman–Crippen MR) is 458 cm³/mol. The molecule has 4 nitrogen and oxygen atoms in total. The topological polar surface area (TPSA) is 19.7 Å². The molecule has 4 aromatic heterocycles. The summed E-state index contributed by atoms with van der Waals surface area (Å²) < 4.78 is 9.82. The van der Waals surface area contributed by atoms with Crippen LogP contribution in [0.25, 0.3) is 198 Å². The Kier molecular flexibility index (Phi) is 14.9. The molecular formula is C104H68N4. The van der Waals surface area contributed by atoms with Crippen LogP contribution < -0.4 is 0 Å². The van der Waals surface area contributed by atoms with Gasteiger partial charge < -0.3 is 18.3 Å². The van der Waals surface area contributed by atoms with Crippen molar-refractivity contribution in [3.63, 3.8) is 0 Å². The van der Waals surface area contributed by atoms with E-state index < -0.39 is 0 Å². The zero-order valence-electron chi connectivity index (χ0n) is 59.0. The molecule has 0 unspecified atom stereocenters. The highest BCUT2D eigenvalue weighted by atomic mass is 15.0. The van der Waals surface area contributed by atoms with Gasteiger partial charge in [-0.1, -0.05) is 309 Å². The molecule has 22 aromatic rings. The normalized spacial score (nSPS) is 11.7. The second-order valence-corrected chi connectivity index (χ2v) is 28.2. The molecule has 0 bridgehead atoms. The molecule has 108 heavy (non-hydrogen) atoms. The SMILES string of the molecule is c1ccc(-c2cc(-c3ccccc3)cc(-n3c4ccccc4c4c(-c5cccc6c5c5ccccc5n6-c5ccc6ccccc6c5)cccc43)c2)cc1.c1ccc(-c2cc(-c3ccccc3)cc(-n3c4ccccc4c4c(-c5cccc6c5c5ccccc5n6-c5cccc6ccccc56)cccc43)c2)cc1. The van der Waals surface area contributed by atoms with Crippen LogP contribution in [0.2, 0.25) is 0 Å². The number of para-hydroxylation sites is 4. The highest BCUT2D eigenvalue weighted by Crippen LogP contribution is 2.48. The Hall–Kier alpha value is -14.3. The van der Waals surface area contributed by atoms with Crippen molar-refractivity contribution >= 4 is 109 Å². The third-order valence-corrected chi connectivity index (χ3v) is 22.2. The molecule has 4 heteroatoms. The van der Waals surface area contributed by atoms with Gasteiger partial charge in [0.15, 0.2) is 0 Å². The van der Waals surface area contributed by atoms with Crippen molar-refractivity contribution in [1.82, 2.24) is 18.3 Å². The van der Waals surface area contributed by atoms with Crippen LogP contribution >= 0.6 is 0 Å². The van der Waals surface area contributed by atoms with Crippen molar-refractivity contribution in [2.75, 3.05) is 0 Å². The molecule has 0 atom stereocenters. The first-order valence-electron chi connectivity index (χ1n) is 37.2. The average Bonchev–Trinajstić information content (AvgIpc) is 1.56. The van der Waals surface area contributed by atoms with Gasteiger partial charge in [0, 0.05) is 65.5 Å². The minimum atomic E-state index is 1.14. The van der Waals surface area contributed by atoms with Crippen molar-refractivity contribution in [1.29, 1.82) is 0 Å². The van der Waals surface area contributed by atoms with Crippen molar-refractivity contribution in [2.45, 2.75) is 0 Å². The van der Waals surface area contributed by atoms with E-state index >= 15 is 0 Å². The van der Waals surface area contributed by atoms with E-state index in [4.69, 9.17) is 0 Å². The van der Waals surface area contributed by atoms with E-state index in [-0.39, 0.29) is 0 Å². The summed E-state index contributed by atoms with van der Waals surface area (Å²) in [4.78, 5) is 0. The number of benzene rings is 18. The van der Waals surface area contributed by atoms with E-state index in [2.05, 4.69) is 431 Å². The Morgan fingerprint density at radius 1 is 0.139 bits per heavy atom. The fourth-order valence-corrected chi connectivity index (χ4v) is 17.5. The maximum atomic E-state index is 2.46. The summed E-state index contributed by atoms with van der Waals surface area (Å²) in [6, 6.07) is 150. The minimum absolute atomic E-state index is 1.14. The van der Waals surface area contributed by atoms with E-state index in [1.807, 2.05) is 0 Å². The quantitative estimate of drug-likeness (QED) is 0.130. The fraction of sp³-hybridized carbons (Fsp3) is 0. The summed E-state index contributed by atoms with van der Waals surface area (Å²) >= 11 is 0. The van der Waals surface area contributed by atoms with E-state index in [1.165, 1.54) is 187 Å². The Balaban J connectivity index is 0.000000138. The van der Waals surface area contributed by atoms with Crippen molar-refractivity contribution in [2.24, 2.45) is 0 Å². The molecule has 0 saturated heterocycles. The van der Waals surface area contributed by atoms with Gasteiger partial charge in [-0.15, -0.1) is 0 Å². The molecule has 0 spiro atoms. The predicted octanol–water partition coefficient (Wildman–Crippen LogP) is 28.1. The molecule has 504 valence electrons. The molecule has 0 aliphatic heterocycles. The lowest BCUT2D eigenvalue weighted by molar-refractivity contribution is 1.18. The summed E-state index contributed by atoms with van der Waals surface area (Å²) in [5.74, 6) is 0. The van der Waals surface area contributed by atoms with Crippen molar-refractivity contribution < 1.29 is 0 Å². The molecular weight excluding hydrogens is 1310 g/mol. The second kappa shape index (κ2) is 25.8. The van der Waals surface area contributed by atoms with Crippen LogP contribution in [0.15, 0.2) is 413 Å². The van der Waals surface area contributed by atoms with E-state index in [0.29, 0.717) is 0 Å². The summed E-state index contributed by atoms with van der Waals surface area (Å²) in [5.41, 5.74) is 28.7. The first-order chi connectivity index (χ1) is 53.6. The number of fused-ring (bicyclic) bond motifs is 14. The molecule has 0 amide bonds. The number of nitrogens with zero attached hydrogens (tertiary/aromatic N) is 4. The van der Waals surface area contributed by atoms with Gasteiger partial charge in [0.25, 0.3) is 0 Å². The van der Waals surface area contributed by atoms with Crippen LogP contribution in [-0.4, -0.2) is 18.3 Å². The molecule has 0 aliphatic rings. The first kappa shape index (κ1) is 62.3. The van der Waals surface area contributed by atoms with Crippen LogP contribution in [0.1, 0.15) is 0 Å². The first-order valence-corrected chi connectivity index (χ1v) is 37.2. The molecule has 22 rings (SSSR count). The van der Waals surface area contributed by atoms with Crippen LogP contribution in [0.4, 0.5) is 0 Å². The van der Waals surface area contributed by atoms with E-state index in [1.54, 1.807) is 0 Å². The van der Waals surface area contributed by atoms with Gasteiger partial charge in [0.05, 0.1) is 49.8 Å². The minimum Gasteiger partial charge on any atom is -0.309 e. The largest absolute Gasteiger partial charge is 0.309 e. The molecule has 0 aliphatic carbocycles. The fourth-order valence-electron chi connectivity index (χ4n) is 17.5. The highest BCUT2D eigenvalue weighted by molar-refractivity contribution is 6.24. The molecule has 0 fully saturated rings. The average molecular weight is 1370 g/mol. The van der Waals surface area contributed by atoms with Crippen molar-refractivity contribution in [3.05, 3.63) is 413 Å². The summed E-state index contributed by atoms with van der Waals surface area (Å²) in [5, 5.41) is 15.0. The van der Waals surface area contributed by atoms with Gasteiger partial charge in [-0.05, 0) is 186 Å². The van der Waals surface area contributed by atoms with Gasteiger partial charge in [-0.2, -0.15) is 0 Å². The molecule has 0 N–H and O–H groups in total. The van der Waals surface area contributed by atoms with E-state index in [0.717, 1.165) is 11.4 Å². The highest BCUT2D eigenvalue weighted by Gasteiger charge is 2.25. The Bertz CT molecular complexity index is 7150. The third kappa shape index (κ3) is 10.3. The van der Waals surface area contributed by atoms with E-state index in [9.17, 15) is 0 Å². The Morgan fingerprint density at radius 3 is 0.806 bits per heavy atom. The molecule has 4 heterocycles. The number of hydrogen-bond donors (Lipinski definition) is 0. The molecule has 18 aromatic carbocycles. The lowest BCUT2D eigenvalue weighted by Crippen LogP contribution is -1.96. The zero-order valence-corrected chi connectivity index (χ0v) is 59.0. The lowest BCUT2D eigenvalue weighted by atomic mass is 9.95. The number of rotatable bonds is 10. The van der Waals surface area contributed by atoms with Crippen LogP contribution in [-0.2, 0) is 0 Å². The van der Waals surface area contributed by atoms with Gasteiger partial charge in [-0.25, -0.2) is 0 Å². The van der Waals surface area contributed by atoms with Crippen LogP contribution in [0.5, 0.6) is 0 Å². The number of aromatic nitrogens is 4. The van der Waals surface area contributed by atoms with Crippen LogP contribution in [0, 0.1) is 0 Å². The smallest absolute Gasteiger partial charge is 0.0547 e. The van der Waals surface area contributed by atoms with Crippen LogP contribution in [0.3, 0.4) is 0 Å². The standard InChI is InChI=1S/2C52H34N2/c1-3-16-35(17-4-1)38-32-39(36-18-5-2-6-19-36)34-40(33-38)53-47-27-11-9-23-44(47)51-42(25-14-30-49(51)53)43-26-15-31-50-52(43)45-24-10-12-28-48(45)54(50)46-29-13-21-37-20-7-8-22-41(37)46;1-3-15-35(16-4-1)39-31-40(36-17-5-2-6-18-36)34-42(33-39)54-48-26-12-10-22-46(48)52-44(24-14-28-50(52)54)43-23-13-27-49-51(43)45-21-9-11-25-47(45)53(49)41-30-29-37-19-7-8-20-38(37)32-41/h2*1-34H. The Labute approximate surface area is 625 Å². The monoisotopic (exact) mass is 1370 g/mol.